The van der Waals surface area contributed by atoms with Gasteiger partial charge >= 0.3 is 0 Å². The van der Waals surface area contributed by atoms with Crippen molar-refractivity contribution in [2.24, 2.45) is 5.73 Å². The number of aryl methyl sites for hydroxylation is 1. The van der Waals surface area contributed by atoms with Gasteiger partial charge in [0.15, 0.2) is 0 Å². The van der Waals surface area contributed by atoms with Crippen molar-refractivity contribution >= 4 is 5.84 Å². The van der Waals surface area contributed by atoms with Crippen molar-refractivity contribution in [1.29, 1.82) is 5.41 Å². The maximum atomic E-state index is 7.22. The Labute approximate surface area is 83.4 Å². The third kappa shape index (κ3) is 1.87. The fourth-order valence-corrected chi connectivity index (χ4v) is 1.74. The van der Waals surface area contributed by atoms with Gasteiger partial charge in [0.1, 0.15) is 5.75 Å². The first kappa shape index (κ1) is 9.06. The van der Waals surface area contributed by atoms with Crippen LogP contribution in [0.25, 0.3) is 0 Å². The third-order valence-corrected chi connectivity index (χ3v) is 2.37. The number of hydrogen-bond donors (Lipinski definition) is 2. The van der Waals surface area contributed by atoms with Crippen LogP contribution in [0.2, 0.25) is 0 Å². The predicted molar refractivity (Wildman–Crippen MR) is 55.9 cm³/mol. The quantitative estimate of drug-likeness (QED) is 0.548. The summed E-state index contributed by atoms with van der Waals surface area (Å²) in [4.78, 5) is 0. The number of nitrogens with two attached hydrogens (primary N) is 1. The van der Waals surface area contributed by atoms with Crippen LogP contribution in [0.3, 0.4) is 0 Å². The van der Waals surface area contributed by atoms with Crippen molar-refractivity contribution in [2.75, 3.05) is 6.61 Å². The standard InChI is InChI=1S/C11H14N2O/c12-11(13)7-8-3-4-10-9(6-8)2-1-5-14-10/h3-4,6H,1-2,5,7H2,(H3,12,13). The first-order chi connectivity index (χ1) is 6.75. The topological polar surface area (TPSA) is 59.1 Å². The van der Waals surface area contributed by atoms with E-state index in [9.17, 15) is 0 Å². The molecule has 0 aromatic heterocycles. The lowest BCUT2D eigenvalue weighted by Crippen LogP contribution is -2.14. The van der Waals surface area contributed by atoms with Crippen LogP contribution in [-0.4, -0.2) is 12.4 Å². The van der Waals surface area contributed by atoms with E-state index in [1.807, 2.05) is 12.1 Å². The molecule has 0 amide bonds. The van der Waals surface area contributed by atoms with Gasteiger partial charge in [-0.25, -0.2) is 0 Å². The summed E-state index contributed by atoms with van der Waals surface area (Å²) in [7, 11) is 0. The number of hydrogen-bond acceptors (Lipinski definition) is 2. The van der Waals surface area contributed by atoms with Crippen molar-refractivity contribution < 1.29 is 4.74 Å². The molecule has 3 N–H and O–H groups in total. The minimum Gasteiger partial charge on any atom is -0.493 e. The van der Waals surface area contributed by atoms with E-state index in [1.165, 1.54) is 5.56 Å². The highest BCUT2D eigenvalue weighted by Gasteiger charge is 2.10. The highest BCUT2D eigenvalue weighted by molar-refractivity contribution is 5.79. The summed E-state index contributed by atoms with van der Waals surface area (Å²) in [5.41, 5.74) is 7.70. The molecule has 0 bridgehead atoms. The molecule has 1 aromatic carbocycles. The van der Waals surface area contributed by atoms with Crippen LogP contribution in [0, 0.1) is 5.41 Å². The van der Waals surface area contributed by atoms with E-state index in [2.05, 4.69) is 6.07 Å². The molecule has 0 atom stereocenters. The second-order valence-electron chi connectivity index (χ2n) is 3.60. The molecule has 0 radical (unpaired) electrons. The normalized spacial score (nSPS) is 14.3. The Morgan fingerprint density at radius 2 is 2.36 bits per heavy atom. The summed E-state index contributed by atoms with van der Waals surface area (Å²) in [6.07, 6.45) is 2.69. The Kier molecular flexibility index (Phi) is 2.39. The van der Waals surface area contributed by atoms with Crippen LogP contribution >= 0.6 is 0 Å². The van der Waals surface area contributed by atoms with Gasteiger partial charge in [-0.15, -0.1) is 0 Å². The number of ether oxygens (including phenoxy) is 1. The first-order valence-corrected chi connectivity index (χ1v) is 4.83. The van der Waals surface area contributed by atoms with E-state index in [1.54, 1.807) is 0 Å². The second kappa shape index (κ2) is 3.70. The minimum atomic E-state index is 0.210. The Bertz CT molecular complexity index is 360. The molecule has 14 heavy (non-hydrogen) atoms. The van der Waals surface area contributed by atoms with Gasteiger partial charge in [-0.3, -0.25) is 5.41 Å². The van der Waals surface area contributed by atoms with E-state index in [-0.39, 0.29) is 5.84 Å². The molecule has 2 rings (SSSR count). The summed E-state index contributed by atoms with van der Waals surface area (Å²) in [6, 6.07) is 6.05. The molecule has 3 heteroatoms. The van der Waals surface area contributed by atoms with Crippen LogP contribution in [-0.2, 0) is 12.8 Å². The van der Waals surface area contributed by atoms with Crippen molar-refractivity contribution in [3.05, 3.63) is 29.3 Å². The van der Waals surface area contributed by atoms with E-state index >= 15 is 0 Å². The van der Waals surface area contributed by atoms with E-state index in [0.29, 0.717) is 6.42 Å². The molecule has 0 unspecified atom stereocenters. The number of rotatable bonds is 2. The molecule has 3 nitrogen and oxygen atoms in total. The van der Waals surface area contributed by atoms with E-state index < -0.39 is 0 Å². The molecule has 1 aromatic rings. The Hall–Kier alpha value is -1.51. The Morgan fingerprint density at radius 3 is 3.14 bits per heavy atom. The largest absolute Gasteiger partial charge is 0.493 e. The summed E-state index contributed by atoms with van der Waals surface area (Å²) in [6.45, 7) is 0.819. The van der Waals surface area contributed by atoms with Gasteiger partial charge in [0.25, 0.3) is 0 Å². The smallest absolute Gasteiger partial charge is 0.122 e. The van der Waals surface area contributed by atoms with Gasteiger partial charge in [-0.1, -0.05) is 12.1 Å². The molecule has 0 aliphatic carbocycles. The summed E-state index contributed by atoms with van der Waals surface area (Å²) >= 11 is 0. The van der Waals surface area contributed by atoms with Crippen molar-refractivity contribution in [1.82, 2.24) is 0 Å². The lowest BCUT2D eigenvalue weighted by molar-refractivity contribution is 0.288. The zero-order chi connectivity index (χ0) is 9.97. The maximum Gasteiger partial charge on any atom is 0.122 e. The third-order valence-electron chi connectivity index (χ3n) is 2.37. The average molecular weight is 190 g/mol. The lowest BCUT2D eigenvalue weighted by atomic mass is 10.0. The zero-order valence-electron chi connectivity index (χ0n) is 8.05. The molecule has 0 spiro atoms. The molecule has 74 valence electrons. The van der Waals surface area contributed by atoms with Gasteiger partial charge in [0, 0.05) is 6.42 Å². The van der Waals surface area contributed by atoms with E-state index in [4.69, 9.17) is 15.9 Å². The Balaban J connectivity index is 2.24. The van der Waals surface area contributed by atoms with Crippen LogP contribution < -0.4 is 10.5 Å². The second-order valence-corrected chi connectivity index (χ2v) is 3.60. The summed E-state index contributed by atoms with van der Waals surface area (Å²) in [5, 5.41) is 7.22. The first-order valence-electron chi connectivity index (χ1n) is 4.83. The molecule has 0 saturated carbocycles. The number of fused-ring (bicyclic) bond motifs is 1. The Morgan fingerprint density at radius 1 is 1.50 bits per heavy atom. The fraction of sp³-hybridized carbons (Fsp3) is 0.364. The van der Waals surface area contributed by atoms with Gasteiger partial charge in [-0.05, 0) is 30.0 Å². The van der Waals surface area contributed by atoms with Crippen LogP contribution in [0.15, 0.2) is 18.2 Å². The fourth-order valence-electron chi connectivity index (χ4n) is 1.74. The molecule has 1 aliphatic rings. The van der Waals surface area contributed by atoms with Crippen molar-refractivity contribution in [2.45, 2.75) is 19.3 Å². The molecular formula is C11H14N2O. The zero-order valence-corrected chi connectivity index (χ0v) is 8.05. The van der Waals surface area contributed by atoms with Crippen LogP contribution in [0.4, 0.5) is 0 Å². The van der Waals surface area contributed by atoms with Gasteiger partial charge in [0.05, 0.1) is 12.4 Å². The number of benzene rings is 1. The predicted octanol–water partition coefficient (Wildman–Crippen LogP) is 1.49. The molecular weight excluding hydrogens is 176 g/mol. The van der Waals surface area contributed by atoms with Crippen LogP contribution in [0.1, 0.15) is 17.5 Å². The van der Waals surface area contributed by atoms with E-state index in [0.717, 1.165) is 30.8 Å². The van der Waals surface area contributed by atoms with Gasteiger partial charge < -0.3 is 10.5 Å². The molecule has 1 heterocycles. The van der Waals surface area contributed by atoms with Crippen LogP contribution in [0.5, 0.6) is 5.75 Å². The average Bonchev–Trinajstić information content (AvgIpc) is 2.17. The number of nitrogens with one attached hydrogen (secondary N) is 1. The van der Waals surface area contributed by atoms with Gasteiger partial charge in [0.2, 0.25) is 0 Å². The molecule has 0 fully saturated rings. The molecule has 1 aliphatic heterocycles. The lowest BCUT2D eigenvalue weighted by Gasteiger charge is -2.17. The highest BCUT2D eigenvalue weighted by atomic mass is 16.5. The monoisotopic (exact) mass is 190 g/mol. The molecule has 0 saturated heterocycles. The highest BCUT2D eigenvalue weighted by Crippen LogP contribution is 2.25. The summed E-state index contributed by atoms with van der Waals surface area (Å²) in [5.74, 6) is 1.20. The van der Waals surface area contributed by atoms with Gasteiger partial charge in [-0.2, -0.15) is 0 Å². The minimum absolute atomic E-state index is 0.210. The summed E-state index contributed by atoms with van der Waals surface area (Å²) < 4.78 is 5.50. The van der Waals surface area contributed by atoms with Crippen molar-refractivity contribution in [3.63, 3.8) is 0 Å². The maximum absolute atomic E-state index is 7.22. The van der Waals surface area contributed by atoms with Crippen molar-refractivity contribution in [3.8, 4) is 5.75 Å². The number of amidine groups is 1. The SMILES string of the molecule is N=C(N)Cc1ccc2c(c1)CCCO2.